The SMILES string of the molecule is Cc1cccn2cc(CNC(=O)CN)nc12.Cl.Cl. The zero-order valence-corrected chi connectivity index (χ0v) is 11.6. The smallest absolute Gasteiger partial charge is 0.234 e. The minimum absolute atomic E-state index is 0. The molecule has 0 bridgehead atoms. The van der Waals surface area contributed by atoms with Gasteiger partial charge in [-0.3, -0.25) is 4.79 Å². The van der Waals surface area contributed by atoms with Crippen molar-refractivity contribution >= 4 is 36.4 Å². The Bertz CT molecular complexity index is 527. The van der Waals surface area contributed by atoms with E-state index in [-0.39, 0.29) is 37.3 Å². The number of aryl methyl sites for hydroxylation is 1. The Balaban J connectivity index is 0.00000144. The maximum atomic E-state index is 11.0. The normalized spacial score (nSPS) is 9.44. The number of nitrogens with two attached hydrogens (primary N) is 1. The van der Waals surface area contributed by atoms with E-state index in [1.54, 1.807) is 0 Å². The number of hydrogen-bond acceptors (Lipinski definition) is 3. The lowest BCUT2D eigenvalue weighted by Gasteiger charge is -1.98. The summed E-state index contributed by atoms with van der Waals surface area (Å²) in [5.74, 6) is -0.172. The first-order valence-corrected chi connectivity index (χ1v) is 5.10. The van der Waals surface area contributed by atoms with E-state index in [1.807, 2.05) is 35.9 Å². The summed E-state index contributed by atoms with van der Waals surface area (Å²) >= 11 is 0. The monoisotopic (exact) mass is 290 g/mol. The summed E-state index contributed by atoms with van der Waals surface area (Å²) in [6.07, 6.45) is 3.84. The highest BCUT2D eigenvalue weighted by Crippen LogP contribution is 2.09. The molecule has 0 fully saturated rings. The predicted octanol–water partition coefficient (Wildman–Crippen LogP) is 1.06. The van der Waals surface area contributed by atoms with Crippen LogP contribution >= 0.6 is 24.8 Å². The van der Waals surface area contributed by atoms with Gasteiger partial charge >= 0.3 is 0 Å². The lowest BCUT2D eigenvalue weighted by Crippen LogP contribution is -2.29. The molecule has 0 atom stereocenters. The van der Waals surface area contributed by atoms with E-state index in [2.05, 4.69) is 10.3 Å². The molecule has 3 N–H and O–H groups in total. The third kappa shape index (κ3) is 3.60. The van der Waals surface area contributed by atoms with Crippen molar-refractivity contribution in [1.82, 2.24) is 14.7 Å². The number of halogens is 2. The molecule has 5 nitrogen and oxygen atoms in total. The maximum absolute atomic E-state index is 11.0. The average Bonchev–Trinajstić information content (AvgIpc) is 2.70. The zero-order valence-electron chi connectivity index (χ0n) is 9.92. The highest BCUT2D eigenvalue weighted by atomic mass is 35.5. The number of aromatic nitrogens is 2. The molecule has 0 spiro atoms. The van der Waals surface area contributed by atoms with Gasteiger partial charge in [0.2, 0.25) is 5.91 Å². The topological polar surface area (TPSA) is 72.4 Å². The van der Waals surface area contributed by atoms with E-state index < -0.39 is 0 Å². The Morgan fingerprint density at radius 3 is 2.83 bits per heavy atom. The number of fused-ring (bicyclic) bond motifs is 1. The molecule has 2 rings (SSSR count). The van der Waals surface area contributed by atoms with E-state index >= 15 is 0 Å². The molecular weight excluding hydrogens is 275 g/mol. The summed E-state index contributed by atoms with van der Waals surface area (Å²) in [7, 11) is 0. The molecule has 0 aliphatic heterocycles. The van der Waals surface area contributed by atoms with Crippen LogP contribution in [0.15, 0.2) is 24.5 Å². The second-order valence-electron chi connectivity index (χ2n) is 3.64. The summed E-state index contributed by atoms with van der Waals surface area (Å²) in [6, 6.07) is 3.97. The Morgan fingerprint density at radius 1 is 1.50 bits per heavy atom. The van der Waals surface area contributed by atoms with Crippen molar-refractivity contribution in [1.29, 1.82) is 0 Å². The number of amides is 1. The van der Waals surface area contributed by atoms with E-state index in [0.717, 1.165) is 16.9 Å². The average molecular weight is 291 g/mol. The summed E-state index contributed by atoms with van der Waals surface area (Å²) in [6.45, 7) is 2.42. The number of rotatable bonds is 3. The Labute approximate surface area is 118 Å². The molecule has 2 heterocycles. The van der Waals surface area contributed by atoms with Gasteiger partial charge in [0.15, 0.2) is 0 Å². The van der Waals surface area contributed by atoms with Crippen LogP contribution in [-0.4, -0.2) is 21.8 Å². The number of carbonyl (C=O) groups is 1. The van der Waals surface area contributed by atoms with Crippen LogP contribution < -0.4 is 11.1 Å². The van der Waals surface area contributed by atoms with Crippen molar-refractivity contribution in [3.63, 3.8) is 0 Å². The van der Waals surface area contributed by atoms with Crippen LogP contribution in [0.4, 0.5) is 0 Å². The molecular formula is C11H16Cl2N4O. The molecule has 18 heavy (non-hydrogen) atoms. The van der Waals surface area contributed by atoms with Crippen molar-refractivity contribution in [2.75, 3.05) is 6.54 Å². The predicted molar refractivity (Wildman–Crippen MR) is 75.3 cm³/mol. The van der Waals surface area contributed by atoms with Crippen molar-refractivity contribution in [2.24, 2.45) is 5.73 Å². The van der Waals surface area contributed by atoms with Gasteiger partial charge in [0, 0.05) is 12.4 Å². The molecule has 7 heteroatoms. The largest absolute Gasteiger partial charge is 0.349 e. The van der Waals surface area contributed by atoms with Gasteiger partial charge in [-0.05, 0) is 18.6 Å². The minimum Gasteiger partial charge on any atom is -0.349 e. The van der Waals surface area contributed by atoms with Gasteiger partial charge in [0.05, 0.1) is 18.8 Å². The molecule has 0 aromatic carbocycles. The van der Waals surface area contributed by atoms with Gasteiger partial charge in [-0.15, -0.1) is 24.8 Å². The van der Waals surface area contributed by atoms with Crippen LogP contribution in [0.2, 0.25) is 0 Å². The van der Waals surface area contributed by atoms with E-state index in [4.69, 9.17) is 5.73 Å². The lowest BCUT2D eigenvalue weighted by atomic mass is 10.3. The standard InChI is InChI=1S/C11H14N4O.2ClH/c1-8-3-2-4-15-7-9(14-11(8)15)6-13-10(16)5-12;;/h2-4,7H,5-6,12H2,1H3,(H,13,16);2*1H. The highest BCUT2D eigenvalue weighted by Gasteiger charge is 2.04. The zero-order chi connectivity index (χ0) is 11.5. The van der Waals surface area contributed by atoms with Crippen molar-refractivity contribution in [2.45, 2.75) is 13.5 Å². The van der Waals surface area contributed by atoms with Gasteiger partial charge in [-0.2, -0.15) is 0 Å². The molecule has 2 aromatic rings. The lowest BCUT2D eigenvalue weighted by molar-refractivity contribution is -0.119. The van der Waals surface area contributed by atoms with Crippen LogP contribution in [0, 0.1) is 6.92 Å². The summed E-state index contributed by atoms with van der Waals surface area (Å²) in [5, 5.41) is 2.69. The fraction of sp³-hybridized carbons (Fsp3) is 0.273. The fourth-order valence-electron chi connectivity index (χ4n) is 1.55. The summed E-state index contributed by atoms with van der Waals surface area (Å²) in [4.78, 5) is 15.4. The number of nitrogens with one attached hydrogen (secondary N) is 1. The third-order valence-corrected chi connectivity index (χ3v) is 2.38. The van der Waals surface area contributed by atoms with Gasteiger partial charge < -0.3 is 15.5 Å². The Hall–Kier alpha value is -1.30. The second kappa shape index (κ2) is 7.20. The first-order valence-electron chi connectivity index (χ1n) is 5.10. The first-order chi connectivity index (χ1) is 7.70. The first kappa shape index (κ1) is 16.7. The van der Waals surface area contributed by atoms with Crippen LogP contribution in [-0.2, 0) is 11.3 Å². The molecule has 0 saturated carbocycles. The number of nitrogens with zero attached hydrogens (tertiary/aromatic N) is 2. The minimum atomic E-state index is -0.172. The Kier molecular flexibility index (Phi) is 6.68. The van der Waals surface area contributed by atoms with Gasteiger partial charge in [-0.1, -0.05) is 6.07 Å². The van der Waals surface area contributed by atoms with E-state index in [9.17, 15) is 4.79 Å². The highest BCUT2D eigenvalue weighted by molar-refractivity contribution is 5.85. The van der Waals surface area contributed by atoms with Crippen molar-refractivity contribution in [3.8, 4) is 0 Å². The molecule has 0 saturated heterocycles. The van der Waals surface area contributed by atoms with Gasteiger partial charge in [0.1, 0.15) is 5.65 Å². The molecule has 100 valence electrons. The quantitative estimate of drug-likeness (QED) is 0.888. The number of pyridine rings is 1. The fourth-order valence-corrected chi connectivity index (χ4v) is 1.55. The number of carbonyl (C=O) groups excluding carboxylic acids is 1. The van der Waals surface area contributed by atoms with Crippen LogP contribution in [0.5, 0.6) is 0 Å². The van der Waals surface area contributed by atoms with E-state index in [0.29, 0.717) is 6.54 Å². The third-order valence-electron chi connectivity index (χ3n) is 2.38. The molecule has 1 amide bonds. The molecule has 0 aliphatic rings. The van der Waals surface area contributed by atoms with Crippen LogP contribution in [0.25, 0.3) is 5.65 Å². The van der Waals surface area contributed by atoms with Gasteiger partial charge in [0.25, 0.3) is 0 Å². The van der Waals surface area contributed by atoms with Crippen molar-refractivity contribution in [3.05, 3.63) is 35.8 Å². The van der Waals surface area contributed by atoms with E-state index in [1.165, 1.54) is 0 Å². The van der Waals surface area contributed by atoms with Crippen LogP contribution in [0.1, 0.15) is 11.3 Å². The number of imidazole rings is 1. The Morgan fingerprint density at radius 2 is 2.22 bits per heavy atom. The molecule has 0 unspecified atom stereocenters. The summed E-state index contributed by atoms with van der Waals surface area (Å²) in [5.41, 5.74) is 8.05. The molecule has 0 radical (unpaired) electrons. The molecule has 2 aromatic heterocycles. The van der Waals surface area contributed by atoms with Crippen molar-refractivity contribution < 1.29 is 4.79 Å². The number of hydrogen-bond donors (Lipinski definition) is 2. The second-order valence-corrected chi connectivity index (χ2v) is 3.64. The van der Waals surface area contributed by atoms with Crippen LogP contribution in [0.3, 0.4) is 0 Å². The van der Waals surface area contributed by atoms with Gasteiger partial charge in [-0.25, -0.2) is 4.98 Å². The summed E-state index contributed by atoms with van der Waals surface area (Å²) < 4.78 is 1.94. The maximum Gasteiger partial charge on any atom is 0.234 e. The molecule has 0 aliphatic carbocycles.